The highest BCUT2D eigenvalue weighted by atomic mass is 35.5. The summed E-state index contributed by atoms with van der Waals surface area (Å²) in [7, 11) is 0. The second-order valence-electron chi connectivity index (χ2n) is 7.14. The number of rotatable bonds is 9. The molecule has 0 aliphatic heterocycles. The van der Waals surface area contributed by atoms with Crippen LogP contribution >= 0.6 is 23.4 Å². The highest BCUT2D eigenvalue weighted by molar-refractivity contribution is 7.99. The van der Waals surface area contributed by atoms with Crippen molar-refractivity contribution in [2.24, 2.45) is 0 Å². The number of nitrogens with one attached hydrogen (secondary N) is 1. The molecule has 3 aromatic rings. The van der Waals surface area contributed by atoms with Crippen molar-refractivity contribution in [1.82, 2.24) is 14.8 Å². The predicted molar refractivity (Wildman–Crippen MR) is 126 cm³/mol. The number of ether oxygens (including phenoxy) is 1. The molecule has 1 aromatic heterocycles. The first-order valence-electron chi connectivity index (χ1n) is 10.3. The van der Waals surface area contributed by atoms with E-state index >= 15 is 0 Å². The summed E-state index contributed by atoms with van der Waals surface area (Å²) in [5.74, 6) is 1.62. The van der Waals surface area contributed by atoms with Gasteiger partial charge in [-0.25, -0.2) is 0 Å². The van der Waals surface area contributed by atoms with Crippen LogP contribution in [0.5, 0.6) is 5.75 Å². The van der Waals surface area contributed by atoms with Crippen LogP contribution in [0.2, 0.25) is 5.02 Å². The van der Waals surface area contributed by atoms with Gasteiger partial charge in [0.1, 0.15) is 5.75 Å². The number of hydrogen-bond acceptors (Lipinski definition) is 5. The highest BCUT2D eigenvalue weighted by Gasteiger charge is 2.19. The Morgan fingerprint density at radius 1 is 1.19 bits per heavy atom. The summed E-state index contributed by atoms with van der Waals surface area (Å²) in [6, 6.07) is 13.5. The first-order chi connectivity index (χ1) is 14.9. The average molecular weight is 459 g/mol. The number of hydrogen-bond donors (Lipinski definition) is 1. The van der Waals surface area contributed by atoms with Crippen LogP contribution in [0, 0.1) is 6.92 Å². The fourth-order valence-corrected chi connectivity index (χ4v) is 4.05. The molecule has 0 unspecified atom stereocenters. The van der Waals surface area contributed by atoms with E-state index in [0.29, 0.717) is 22.4 Å². The number of carbonyl (C=O) groups is 1. The summed E-state index contributed by atoms with van der Waals surface area (Å²) in [5, 5.41) is 12.8. The van der Waals surface area contributed by atoms with E-state index in [9.17, 15) is 4.79 Å². The molecule has 0 radical (unpaired) electrons. The number of thioether (sulfide) groups is 1. The molecule has 1 heterocycles. The second kappa shape index (κ2) is 10.7. The normalized spacial score (nSPS) is 11.9. The van der Waals surface area contributed by atoms with Crippen molar-refractivity contribution >= 4 is 35.0 Å². The van der Waals surface area contributed by atoms with Crippen molar-refractivity contribution in [3.63, 3.8) is 0 Å². The zero-order valence-electron chi connectivity index (χ0n) is 18.2. The number of benzene rings is 2. The maximum Gasteiger partial charge on any atom is 0.234 e. The highest BCUT2D eigenvalue weighted by Crippen LogP contribution is 2.25. The smallest absolute Gasteiger partial charge is 0.234 e. The Bertz CT molecular complexity index is 1040. The molecule has 0 aliphatic carbocycles. The molecule has 2 aromatic carbocycles. The van der Waals surface area contributed by atoms with Gasteiger partial charge in [0.05, 0.1) is 5.75 Å². The lowest BCUT2D eigenvalue weighted by Crippen LogP contribution is -2.15. The Balaban J connectivity index is 1.61. The average Bonchev–Trinajstić information content (AvgIpc) is 3.18. The quantitative estimate of drug-likeness (QED) is 0.417. The number of carbonyl (C=O) groups excluding carboxylic acids is 1. The Labute approximate surface area is 192 Å². The van der Waals surface area contributed by atoms with Gasteiger partial charge in [0.25, 0.3) is 0 Å². The van der Waals surface area contributed by atoms with E-state index in [1.54, 1.807) is 6.07 Å². The lowest BCUT2D eigenvalue weighted by Gasteiger charge is -2.16. The molecule has 0 fully saturated rings. The van der Waals surface area contributed by atoms with Gasteiger partial charge in [-0.15, -0.1) is 10.2 Å². The molecule has 0 saturated heterocycles. The van der Waals surface area contributed by atoms with E-state index < -0.39 is 0 Å². The van der Waals surface area contributed by atoms with Crippen molar-refractivity contribution in [3.05, 3.63) is 64.4 Å². The van der Waals surface area contributed by atoms with Crippen LogP contribution in [0.3, 0.4) is 0 Å². The number of anilines is 1. The minimum atomic E-state index is -0.266. The van der Waals surface area contributed by atoms with Gasteiger partial charge in [-0.05, 0) is 62.6 Å². The first-order valence-corrected chi connectivity index (χ1v) is 11.6. The largest absolute Gasteiger partial charge is 0.483 e. The zero-order chi connectivity index (χ0) is 22.4. The number of aryl methyl sites for hydroxylation is 2. The fourth-order valence-electron chi connectivity index (χ4n) is 3.06. The third-order valence-corrected chi connectivity index (χ3v) is 6.23. The molecule has 164 valence electrons. The summed E-state index contributed by atoms with van der Waals surface area (Å²) in [6.07, 6.45) is 0.725. The Morgan fingerprint density at radius 3 is 2.58 bits per heavy atom. The van der Waals surface area contributed by atoms with Crippen molar-refractivity contribution in [2.75, 3.05) is 11.1 Å². The molecular formula is C23H27ClN4O2S. The van der Waals surface area contributed by atoms with Gasteiger partial charge in [-0.3, -0.25) is 4.79 Å². The molecule has 1 N–H and O–H groups in total. The molecule has 0 bridgehead atoms. The summed E-state index contributed by atoms with van der Waals surface area (Å²) in [4.78, 5) is 12.4. The van der Waals surface area contributed by atoms with E-state index in [0.717, 1.165) is 23.6 Å². The number of amides is 1. The van der Waals surface area contributed by atoms with Crippen molar-refractivity contribution < 1.29 is 9.53 Å². The molecule has 6 nitrogen and oxygen atoms in total. The molecular weight excluding hydrogens is 432 g/mol. The summed E-state index contributed by atoms with van der Waals surface area (Å²) in [6.45, 7) is 8.70. The third kappa shape index (κ3) is 6.02. The topological polar surface area (TPSA) is 69.0 Å². The SMILES string of the molecule is CCc1ccc(O[C@H](C)c2nnc(SCC(=O)Nc3ccc(C)c(Cl)c3)n2CC)cc1. The molecule has 3 rings (SSSR count). The Morgan fingerprint density at radius 2 is 1.94 bits per heavy atom. The van der Waals surface area contributed by atoms with Crippen molar-refractivity contribution in [3.8, 4) is 5.75 Å². The van der Waals surface area contributed by atoms with Gasteiger partial charge in [-0.2, -0.15) is 0 Å². The van der Waals surface area contributed by atoms with Crippen LogP contribution in [0.4, 0.5) is 5.69 Å². The van der Waals surface area contributed by atoms with E-state index in [1.165, 1.54) is 17.3 Å². The van der Waals surface area contributed by atoms with Gasteiger partial charge in [0, 0.05) is 17.3 Å². The molecule has 0 aliphatic rings. The van der Waals surface area contributed by atoms with Gasteiger partial charge >= 0.3 is 0 Å². The maximum atomic E-state index is 12.4. The molecule has 0 saturated carbocycles. The Kier molecular flexibility index (Phi) is 7.98. The van der Waals surface area contributed by atoms with Crippen LogP contribution < -0.4 is 10.1 Å². The molecule has 8 heteroatoms. The zero-order valence-corrected chi connectivity index (χ0v) is 19.8. The van der Waals surface area contributed by atoms with E-state index in [1.807, 2.05) is 49.6 Å². The molecule has 1 atom stereocenters. The van der Waals surface area contributed by atoms with Gasteiger partial charge in [0.2, 0.25) is 5.91 Å². The maximum absolute atomic E-state index is 12.4. The monoisotopic (exact) mass is 458 g/mol. The third-order valence-electron chi connectivity index (χ3n) is 4.86. The van der Waals surface area contributed by atoms with Crippen LogP contribution in [0.25, 0.3) is 0 Å². The van der Waals surface area contributed by atoms with Crippen LogP contribution in [0.1, 0.15) is 43.8 Å². The minimum absolute atomic E-state index is 0.127. The second-order valence-corrected chi connectivity index (χ2v) is 8.49. The predicted octanol–water partition coefficient (Wildman–Crippen LogP) is 5.69. The molecule has 1 amide bonds. The minimum Gasteiger partial charge on any atom is -0.483 e. The first kappa shape index (κ1) is 23.2. The standard InChI is InChI=1S/C23H27ClN4O2S/c1-5-17-8-11-19(12-9-17)30-16(4)22-26-27-23(28(22)6-2)31-14-21(29)25-18-10-7-15(3)20(24)13-18/h7-13,16H,5-6,14H2,1-4H3,(H,25,29)/t16-/m1/s1. The van der Waals surface area contributed by atoms with Crippen LogP contribution in [-0.4, -0.2) is 26.4 Å². The van der Waals surface area contributed by atoms with Gasteiger partial charge < -0.3 is 14.6 Å². The lowest BCUT2D eigenvalue weighted by atomic mass is 10.2. The Hall–Kier alpha value is -2.51. The van der Waals surface area contributed by atoms with Gasteiger partial charge in [0.15, 0.2) is 17.1 Å². The summed E-state index contributed by atoms with van der Waals surface area (Å²) >= 11 is 7.47. The lowest BCUT2D eigenvalue weighted by molar-refractivity contribution is -0.113. The molecule has 0 spiro atoms. The van der Waals surface area contributed by atoms with Gasteiger partial charge in [-0.1, -0.05) is 48.5 Å². The molecule has 31 heavy (non-hydrogen) atoms. The summed E-state index contributed by atoms with van der Waals surface area (Å²) in [5.41, 5.74) is 2.91. The number of halogens is 1. The van der Waals surface area contributed by atoms with Crippen molar-refractivity contribution in [1.29, 1.82) is 0 Å². The van der Waals surface area contributed by atoms with E-state index in [2.05, 4.69) is 34.6 Å². The fraction of sp³-hybridized carbons (Fsp3) is 0.348. The number of nitrogens with zero attached hydrogens (tertiary/aromatic N) is 3. The number of aromatic nitrogens is 3. The van der Waals surface area contributed by atoms with Crippen molar-refractivity contribution in [2.45, 2.75) is 51.9 Å². The van der Waals surface area contributed by atoms with Crippen LogP contribution in [-0.2, 0) is 17.8 Å². The van der Waals surface area contributed by atoms with E-state index in [4.69, 9.17) is 16.3 Å². The summed E-state index contributed by atoms with van der Waals surface area (Å²) < 4.78 is 8.03. The van der Waals surface area contributed by atoms with E-state index in [-0.39, 0.29) is 17.8 Å². The van der Waals surface area contributed by atoms with Crippen LogP contribution in [0.15, 0.2) is 47.6 Å².